The highest BCUT2D eigenvalue weighted by Gasteiger charge is 2.29. The van der Waals surface area contributed by atoms with Crippen LogP contribution < -0.4 is 15.6 Å². The van der Waals surface area contributed by atoms with E-state index in [1.807, 2.05) is 42.5 Å². The molecular weight excluding hydrogens is 376 g/mol. The zero-order chi connectivity index (χ0) is 21.3. The molecule has 1 aromatic heterocycles. The minimum absolute atomic E-state index is 0.126. The van der Waals surface area contributed by atoms with Crippen LogP contribution in [0.5, 0.6) is 5.75 Å². The molecule has 0 bridgehead atoms. The molecule has 1 fully saturated rings. The van der Waals surface area contributed by atoms with Crippen LogP contribution in [0.3, 0.4) is 0 Å². The second-order valence-electron chi connectivity index (χ2n) is 8.31. The lowest BCUT2D eigenvalue weighted by atomic mass is 9.78. The van der Waals surface area contributed by atoms with E-state index in [1.165, 1.54) is 6.42 Å². The number of hydrogen-bond donors (Lipinski definition) is 1. The molecule has 0 spiro atoms. The molecule has 1 N–H and O–H groups in total. The number of aromatic nitrogens is 1. The average molecular weight is 405 g/mol. The SMILES string of the molecule is COc1ccc(-n2cc(C(=O)NC3CCCC(C)C3C)c3ccccc3c2=O)cc1. The number of nitrogens with zero attached hydrogens (tertiary/aromatic N) is 1. The Morgan fingerprint density at radius 1 is 1.03 bits per heavy atom. The molecule has 5 nitrogen and oxygen atoms in total. The molecule has 0 aliphatic heterocycles. The van der Waals surface area contributed by atoms with E-state index >= 15 is 0 Å². The molecule has 3 atom stereocenters. The van der Waals surface area contributed by atoms with Gasteiger partial charge in [0.2, 0.25) is 0 Å². The first kappa shape index (κ1) is 20.2. The number of carbonyl (C=O) groups is 1. The summed E-state index contributed by atoms with van der Waals surface area (Å²) in [5, 5.41) is 4.46. The molecule has 0 saturated heterocycles. The first-order valence-electron chi connectivity index (χ1n) is 10.6. The standard InChI is InChI=1S/C25H28N2O3/c1-16-7-6-10-23(17(16)2)26-24(28)22-15-27(18-11-13-19(30-3)14-12-18)25(29)21-9-5-4-8-20(21)22/h4-5,8-9,11-17,23H,6-7,10H2,1-3H3,(H,26,28). The molecule has 2 aromatic carbocycles. The number of nitrogens with one attached hydrogen (secondary N) is 1. The molecule has 30 heavy (non-hydrogen) atoms. The first-order chi connectivity index (χ1) is 14.5. The zero-order valence-corrected chi connectivity index (χ0v) is 17.7. The third-order valence-electron chi connectivity index (χ3n) is 6.54. The maximum Gasteiger partial charge on any atom is 0.262 e. The predicted molar refractivity (Wildman–Crippen MR) is 120 cm³/mol. The fraction of sp³-hybridized carbons (Fsp3) is 0.360. The maximum absolute atomic E-state index is 13.3. The molecule has 3 unspecified atom stereocenters. The molecule has 1 heterocycles. The van der Waals surface area contributed by atoms with Gasteiger partial charge in [0.1, 0.15) is 5.75 Å². The third-order valence-corrected chi connectivity index (χ3v) is 6.54. The largest absolute Gasteiger partial charge is 0.497 e. The monoisotopic (exact) mass is 404 g/mol. The maximum atomic E-state index is 13.3. The summed E-state index contributed by atoms with van der Waals surface area (Å²) in [6, 6.07) is 14.7. The van der Waals surface area contributed by atoms with Gasteiger partial charge in [0.15, 0.2) is 0 Å². The fourth-order valence-corrected chi connectivity index (χ4v) is 4.44. The molecule has 0 radical (unpaired) electrons. The Hall–Kier alpha value is -3.08. The van der Waals surface area contributed by atoms with Crippen molar-refractivity contribution >= 4 is 16.7 Å². The lowest BCUT2D eigenvalue weighted by molar-refractivity contribution is 0.0892. The van der Waals surface area contributed by atoms with Gasteiger partial charge in [-0.1, -0.05) is 44.9 Å². The second kappa shape index (κ2) is 8.34. The van der Waals surface area contributed by atoms with Crippen molar-refractivity contribution in [2.24, 2.45) is 11.8 Å². The average Bonchev–Trinajstić information content (AvgIpc) is 2.77. The summed E-state index contributed by atoms with van der Waals surface area (Å²) in [6.07, 6.45) is 4.99. The Kier molecular flexibility index (Phi) is 5.62. The van der Waals surface area contributed by atoms with Gasteiger partial charge in [-0.05, 0) is 48.6 Å². The van der Waals surface area contributed by atoms with Gasteiger partial charge in [-0.15, -0.1) is 0 Å². The second-order valence-corrected chi connectivity index (χ2v) is 8.31. The van der Waals surface area contributed by atoms with Crippen LogP contribution >= 0.6 is 0 Å². The number of rotatable bonds is 4. The number of benzene rings is 2. The van der Waals surface area contributed by atoms with E-state index in [4.69, 9.17) is 4.74 Å². The van der Waals surface area contributed by atoms with E-state index in [1.54, 1.807) is 23.9 Å². The Morgan fingerprint density at radius 3 is 2.43 bits per heavy atom. The van der Waals surface area contributed by atoms with E-state index in [0.717, 1.165) is 12.8 Å². The summed E-state index contributed by atoms with van der Waals surface area (Å²) in [4.78, 5) is 26.5. The highest BCUT2D eigenvalue weighted by atomic mass is 16.5. The van der Waals surface area contributed by atoms with E-state index < -0.39 is 0 Å². The van der Waals surface area contributed by atoms with Crippen molar-refractivity contribution in [2.45, 2.75) is 39.2 Å². The summed E-state index contributed by atoms with van der Waals surface area (Å²) < 4.78 is 6.76. The minimum atomic E-state index is -0.146. The summed E-state index contributed by atoms with van der Waals surface area (Å²) in [5.74, 6) is 1.61. The van der Waals surface area contributed by atoms with Crippen LogP contribution in [0.25, 0.3) is 16.5 Å². The Balaban J connectivity index is 1.77. The summed E-state index contributed by atoms with van der Waals surface area (Å²) in [6.45, 7) is 4.47. The van der Waals surface area contributed by atoms with Crippen LogP contribution in [0, 0.1) is 11.8 Å². The van der Waals surface area contributed by atoms with E-state index in [0.29, 0.717) is 39.6 Å². The van der Waals surface area contributed by atoms with Crippen molar-refractivity contribution in [3.05, 3.63) is 70.6 Å². The Bertz CT molecular complexity index is 1120. The number of ether oxygens (including phenoxy) is 1. The number of carbonyl (C=O) groups excluding carboxylic acids is 1. The van der Waals surface area contributed by atoms with E-state index in [2.05, 4.69) is 19.2 Å². The molecule has 5 heteroatoms. The van der Waals surface area contributed by atoms with Crippen LogP contribution in [0.15, 0.2) is 59.5 Å². The van der Waals surface area contributed by atoms with Gasteiger partial charge in [0.25, 0.3) is 11.5 Å². The smallest absolute Gasteiger partial charge is 0.262 e. The Labute approximate surface area is 176 Å². The van der Waals surface area contributed by atoms with Crippen molar-refractivity contribution in [1.29, 1.82) is 0 Å². The van der Waals surface area contributed by atoms with Gasteiger partial charge in [-0.2, -0.15) is 0 Å². The number of amides is 1. The van der Waals surface area contributed by atoms with Crippen molar-refractivity contribution in [3.63, 3.8) is 0 Å². The first-order valence-corrected chi connectivity index (χ1v) is 10.6. The lowest BCUT2D eigenvalue weighted by Crippen LogP contribution is -2.44. The molecule has 156 valence electrons. The van der Waals surface area contributed by atoms with Crippen LogP contribution in [-0.4, -0.2) is 23.6 Å². The highest BCUT2D eigenvalue weighted by Crippen LogP contribution is 2.30. The number of pyridine rings is 1. The highest BCUT2D eigenvalue weighted by molar-refractivity contribution is 6.06. The van der Waals surface area contributed by atoms with E-state index in [-0.39, 0.29) is 17.5 Å². The lowest BCUT2D eigenvalue weighted by Gasteiger charge is -2.34. The van der Waals surface area contributed by atoms with Gasteiger partial charge in [0, 0.05) is 28.7 Å². The predicted octanol–water partition coefficient (Wildman–Crippen LogP) is 4.55. The van der Waals surface area contributed by atoms with Gasteiger partial charge < -0.3 is 10.1 Å². The van der Waals surface area contributed by atoms with Crippen molar-refractivity contribution in [3.8, 4) is 11.4 Å². The van der Waals surface area contributed by atoms with Crippen molar-refractivity contribution < 1.29 is 9.53 Å². The van der Waals surface area contributed by atoms with Crippen LogP contribution in [0.2, 0.25) is 0 Å². The minimum Gasteiger partial charge on any atom is -0.497 e. The molecule has 1 saturated carbocycles. The van der Waals surface area contributed by atoms with Gasteiger partial charge in [-0.3, -0.25) is 14.2 Å². The fourth-order valence-electron chi connectivity index (χ4n) is 4.44. The van der Waals surface area contributed by atoms with Gasteiger partial charge >= 0.3 is 0 Å². The number of hydrogen-bond acceptors (Lipinski definition) is 3. The molecule has 1 amide bonds. The van der Waals surface area contributed by atoms with Crippen LogP contribution in [0.4, 0.5) is 0 Å². The molecule has 1 aliphatic carbocycles. The van der Waals surface area contributed by atoms with Crippen LogP contribution in [-0.2, 0) is 0 Å². The van der Waals surface area contributed by atoms with Gasteiger partial charge in [-0.25, -0.2) is 0 Å². The van der Waals surface area contributed by atoms with E-state index in [9.17, 15) is 9.59 Å². The molecular formula is C25H28N2O3. The summed E-state index contributed by atoms with van der Waals surface area (Å²) >= 11 is 0. The quantitative estimate of drug-likeness (QED) is 0.694. The third kappa shape index (κ3) is 3.72. The topological polar surface area (TPSA) is 60.3 Å². The van der Waals surface area contributed by atoms with Crippen molar-refractivity contribution in [2.75, 3.05) is 7.11 Å². The van der Waals surface area contributed by atoms with Crippen molar-refractivity contribution in [1.82, 2.24) is 9.88 Å². The summed E-state index contributed by atoms with van der Waals surface area (Å²) in [7, 11) is 1.60. The Morgan fingerprint density at radius 2 is 1.73 bits per heavy atom. The van der Waals surface area contributed by atoms with Crippen LogP contribution in [0.1, 0.15) is 43.5 Å². The summed E-state index contributed by atoms with van der Waals surface area (Å²) in [5.41, 5.74) is 1.07. The molecule has 1 aliphatic rings. The number of fused-ring (bicyclic) bond motifs is 1. The molecule has 3 aromatic rings. The molecule has 4 rings (SSSR count). The van der Waals surface area contributed by atoms with Gasteiger partial charge in [0.05, 0.1) is 12.7 Å². The zero-order valence-electron chi connectivity index (χ0n) is 17.7. The number of methoxy groups -OCH3 is 1. The normalized spacial score (nSPS) is 21.4.